The molecule has 0 atom stereocenters. The van der Waals surface area contributed by atoms with Gasteiger partial charge in [0.15, 0.2) is 0 Å². The molecule has 1 aromatic rings. The first-order valence-electron chi connectivity index (χ1n) is 6.34. The van der Waals surface area contributed by atoms with Crippen LogP contribution in [0.15, 0.2) is 18.3 Å². The first-order chi connectivity index (χ1) is 9.06. The Morgan fingerprint density at radius 1 is 1.21 bits per heavy atom. The first-order valence-corrected chi connectivity index (χ1v) is 6.34. The van der Waals surface area contributed by atoms with Crippen molar-refractivity contribution in [2.24, 2.45) is 0 Å². The maximum absolute atomic E-state index is 9.15. The van der Waals surface area contributed by atoms with Gasteiger partial charge in [-0.2, -0.15) is 10.5 Å². The number of hydrogen-bond acceptors (Lipinski definition) is 5. The summed E-state index contributed by atoms with van der Waals surface area (Å²) in [6.07, 6.45) is 1.67. The molecular formula is C14H17N5. The van der Waals surface area contributed by atoms with Crippen molar-refractivity contribution in [2.75, 3.05) is 31.1 Å². The summed E-state index contributed by atoms with van der Waals surface area (Å²) in [4.78, 5) is 8.40. The zero-order valence-electron chi connectivity index (χ0n) is 11.3. The molecule has 0 unspecified atom stereocenters. The van der Waals surface area contributed by atoms with Gasteiger partial charge in [-0.25, -0.2) is 4.98 Å². The zero-order valence-corrected chi connectivity index (χ0v) is 11.3. The van der Waals surface area contributed by atoms with Crippen LogP contribution >= 0.6 is 0 Å². The molecule has 0 N–H and O–H groups in total. The lowest BCUT2D eigenvalue weighted by Gasteiger charge is -2.41. The summed E-state index contributed by atoms with van der Waals surface area (Å²) in [5.74, 6) is 0. The average molecular weight is 255 g/mol. The molecule has 2 rings (SSSR count). The van der Waals surface area contributed by atoms with Gasteiger partial charge in [-0.05, 0) is 26.0 Å². The van der Waals surface area contributed by atoms with Gasteiger partial charge in [-0.15, -0.1) is 0 Å². The van der Waals surface area contributed by atoms with Crippen LogP contribution in [0.1, 0.15) is 19.5 Å². The Hall–Kier alpha value is -2.11. The van der Waals surface area contributed by atoms with Gasteiger partial charge in [0, 0.05) is 38.1 Å². The highest BCUT2D eigenvalue weighted by Gasteiger charge is 2.29. The summed E-state index contributed by atoms with van der Waals surface area (Å²) in [7, 11) is 0. The Labute approximate surface area is 113 Å². The molecule has 5 nitrogen and oxygen atoms in total. The minimum atomic E-state index is -0.415. The molecule has 1 aromatic heterocycles. The molecule has 1 aliphatic heterocycles. The van der Waals surface area contributed by atoms with Crippen molar-refractivity contribution in [3.05, 3.63) is 24.0 Å². The van der Waals surface area contributed by atoms with E-state index in [-0.39, 0.29) is 0 Å². The number of nitrogens with zero attached hydrogens (tertiary/aromatic N) is 5. The molecule has 1 fully saturated rings. The molecule has 0 amide bonds. The van der Waals surface area contributed by atoms with Crippen LogP contribution in [0, 0.1) is 22.7 Å². The number of hydrogen-bond donors (Lipinski definition) is 0. The van der Waals surface area contributed by atoms with E-state index in [0.29, 0.717) is 5.69 Å². The van der Waals surface area contributed by atoms with E-state index in [4.69, 9.17) is 10.5 Å². The van der Waals surface area contributed by atoms with Crippen LogP contribution in [0.5, 0.6) is 0 Å². The highest BCUT2D eigenvalue weighted by Crippen LogP contribution is 2.20. The van der Waals surface area contributed by atoms with Crippen molar-refractivity contribution >= 4 is 5.69 Å². The van der Waals surface area contributed by atoms with Crippen LogP contribution in [0.25, 0.3) is 0 Å². The van der Waals surface area contributed by atoms with E-state index in [1.807, 2.05) is 26.0 Å². The van der Waals surface area contributed by atoms with Gasteiger partial charge in [-0.1, -0.05) is 0 Å². The minimum Gasteiger partial charge on any atom is -0.369 e. The molecule has 5 heteroatoms. The van der Waals surface area contributed by atoms with E-state index in [2.05, 4.69) is 26.9 Å². The van der Waals surface area contributed by atoms with Crippen LogP contribution < -0.4 is 4.90 Å². The number of rotatable bonds is 2. The third kappa shape index (κ3) is 2.83. The minimum absolute atomic E-state index is 0.415. The van der Waals surface area contributed by atoms with Gasteiger partial charge >= 0.3 is 0 Å². The topological polar surface area (TPSA) is 67.0 Å². The number of nitriles is 2. The number of piperazine rings is 1. The molecule has 0 spiro atoms. The summed E-state index contributed by atoms with van der Waals surface area (Å²) in [5.41, 5.74) is 1.06. The fraction of sp³-hybridized carbons (Fsp3) is 0.500. The predicted molar refractivity (Wildman–Crippen MR) is 72.4 cm³/mol. The van der Waals surface area contributed by atoms with Crippen LogP contribution in [0.4, 0.5) is 5.69 Å². The standard InChI is InChI=1S/C14H17N5/c1-14(2,11-16)19-7-5-18(6-8-19)13-3-4-17-12(9-13)10-15/h3-4,9H,5-8H2,1-2H3. The van der Waals surface area contributed by atoms with Gasteiger partial charge in [0.2, 0.25) is 0 Å². The van der Waals surface area contributed by atoms with Crippen molar-refractivity contribution in [1.82, 2.24) is 9.88 Å². The fourth-order valence-corrected chi connectivity index (χ4v) is 2.27. The Balaban J connectivity index is 2.04. The van der Waals surface area contributed by atoms with Crippen molar-refractivity contribution < 1.29 is 0 Å². The number of anilines is 1. The van der Waals surface area contributed by atoms with Crippen LogP contribution in [0.2, 0.25) is 0 Å². The van der Waals surface area contributed by atoms with Gasteiger partial charge < -0.3 is 4.90 Å². The van der Waals surface area contributed by atoms with Crippen molar-refractivity contribution in [3.63, 3.8) is 0 Å². The second kappa shape index (κ2) is 5.26. The lowest BCUT2D eigenvalue weighted by molar-refractivity contribution is 0.158. The van der Waals surface area contributed by atoms with Crippen molar-refractivity contribution in [2.45, 2.75) is 19.4 Å². The van der Waals surface area contributed by atoms with Crippen LogP contribution in [-0.4, -0.2) is 41.6 Å². The molecule has 0 aliphatic carbocycles. The third-order valence-corrected chi connectivity index (χ3v) is 3.57. The monoisotopic (exact) mass is 255 g/mol. The molecule has 0 saturated carbocycles. The quantitative estimate of drug-likeness (QED) is 0.798. The largest absolute Gasteiger partial charge is 0.369 e. The lowest BCUT2D eigenvalue weighted by Crippen LogP contribution is -2.54. The Bertz CT molecular complexity index is 530. The molecular weight excluding hydrogens is 238 g/mol. The van der Waals surface area contributed by atoms with Crippen molar-refractivity contribution in [3.8, 4) is 12.1 Å². The average Bonchev–Trinajstić information content (AvgIpc) is 2.47. The summed E-state index contributed by atoms with van der Waals surface area (Å²) >= 11 is 0. The fourth-order valence-electron chi connectivity index (χ4n) is 2.27. The molecule has 98 valence electrons. The van der Waals surface area contributed by atoms with Crippen LogP contribution in [-0.2, 0) is 0 Å². The number of aromatic nitrogens is 1. The second-order valence-corrected chi connectivity index (χ2v) is 5.16. The molecule has 1 aliphatic rings. The van der Waals surface area contributed by atoms with Crippen molar-refractivity contribution in [1.29, 1.82) is 10.5 Å². The SMILES string of the molecule is CC(C)(C#N)N1CCN(c2ccnc(C#N)c2)CC1. The van der Waals surface area contributed by atoms with E-state index in [1.165, 1.54) is 0 Å². The molecule has 0 aromatic carbocycles. The molecule has 2 heterocycles. The highest BCUT2D eigenvalue weighted by atomic mass is 15.3. The van der Waals surface area contributed by atoms with E-state index >= 15 is 0 Å². The first kappa shape index (κ1) is 13.3. The third-order valence-electron chi connectivity index (χ3n) is 3.57. The summed E-state index contributed by atoms with van der Waals surface area (Å²) in [5, 5.41) is 18.0. The summed E-state index contributed by atoms with van der Waals surface area (Å²) < 4.78 is 0. The predicted octanol–water partition coefficient (Wildman–Crippen LogP) is 1.38. The lowest BCUT2D eigenvalue weighted by atomic mass is 10.0. The van der Waals surface area contributed by atoms with Gasteiger partial charge in [0.1, 0.15) is 17.3 Å². The van der Waals surface area contributed by atoms with Gasteiger partial charge in [0.25, 0.3) is 0 Å². The molecule has 0 bridgehead atoms. The van der Waals surface area contributed by atoms with Gasteiger partial charge in [0.05, 0.1) is 6.07 Å². The molecule has 0 radical (unpaired) electrons. The summed E-state index contributed by atoms with van der Waals surface area (Å²) in [6, 6.07) is 8.13. The van der Waals surface area contributed by atoms with E-state index in [1.54, 1.807) is 6.20 Å². The Morgan fingerprint density at radius 2 is 1.89 bits per heavy atom. The molecule has 1 saturated heterocycles. The molecule has 19 heavy (non-hydrogen) atoms. The Kier molecular flexibility index (Phi) is 3.69. The normalized spacial score (nSPS) is 16.7. The van der Waals surface area contributed by atoms with E-state index in [0.717, 1.165) is 31.9 Å². The maximum atomic E-state index is 9.15. The van der Waals surface area contributed by atoms with Gasteiger partial charge in [-0.3, -0.25) is 4.90 Å². The second-order valence-electron chi connectivity index (χ2n) is 5.16. The smallest absolute Gasteiger partial charge is 0.142 e. The van der Waals surface area contributed by atoms with E-state index in [9.17, 15) is 0 Å². The highest BCUT2D eigenvalue weighted by molar-refractivity contribution is 5.49. The van der Waals surface area contributed by atoms with E-state index < -0.39 is 5.54 Å². The van der Waals surface area contributed by atoms with Crippen LogP contribution in [0.3, 0.4) is 0 Å². The zero-order chi connectivity index (χ0) is 13.9. The maximum Gasteiger partial charge on any atom is 0.142 e. The number of pyridine rings is 1. The Morgan fingerprint density at radius 3 is 2.47 bits per heavy atom. The summed E-state index contributed by atoms with van der Waals surface area (Å²) in [6.45, 7) is 7.32.